The molecule has 4 aromatic rings. The van der Waals surface area contributed by atoms with Crippen LogP contribution < -0.4 is 10.1 Å². The third-order valence-corrected chi connectivity index (χ3v) is 7.08. The fourth-order valence-corrected chi connectivity index (χ4v) is 4.83. The number of amides is 1. The molecule has 0 radical (unpaired) electrons. The number of anilines is 1. The van der Waals surface area contributed by atoms with Crippen LogP contribution in [0.15, 0.2) is 109 Å². The van der Waals surface area contributed by atoms with Gasteiger partial charge in [0.1, 0.15) is 18.4 Å². The maximum Gasteiger partial charge on any atom is 0.326 e. The summed E-state index contributed by atoms with van der Waals surface area (Å²) < 4.78 is 5.98. The number of ketones is 1. The Labute approximate surface area is 259 Å². The molecule has 4 aromatic carbocycles. The second kappa shape index (κ2) is 15.0. The predicted molar refractivity (Wildman–Crippen MR) is 173 cm³/mol. The highest BCUT2D eigenvalue weighted by atomic mass is 16.5. The Morgan fingerprint density at radius 1 is 0.795 bits per heavy atom. The molecule has 0 aromatic heterocycles. The Balaban J connectivity index is 1.37. The van der Waals surface area contributed by atoms with E-state index >= 15 is 0 Å². The van der Waals surface area contributed by atoms with Crippen molar-refractivity contribution in [3.8, 4) is 5.75 Å². The lowest BCUT2D eigenvalue weighted by Gasteiger charge is -2.27. The SMILES string of the molecule is CC(C)(C)CC(=O)N(CCOc1ccc(CC(Nc2ccccc2C(=O)c2ccccc2)C(=O)O)cc1)Cc1ccccc1. The Kier molecular flexibility index (Phi) is 10.9. The highest BCUT2D eigenvalue weighted by molar-refractivity contribution is 6.12. The number of hydrogen-bond donors (Lipinski definition) is 2. The van der Waals surface area contributed by atoms with Crippen molar-refractivity contribution in [3.05, 3.63) is 131 Å². The van der Waals surface area contributed by atoms with Crippen molar-refractivity contribution in [1.82, 2.24) is 4.90 Å². The second-order valence-electron chi connectivity index (χ2n) is 12.0. The van der Waals surface area contributed by atoms with Crippen molar-refractivity contribution < 1.29 is 24.2 Å². The lowest BCUT2D eigenvalue weighted by Crippen LogP contribution is -2.36. The van der Waals surface area contributed by atoms with E-state index in [9.17, 15) is 19.5 Å². The largest absolute Gasteiger partial charge is 0.492 e. The van der Waals surface area contributed by atoms with Gasteiger partial charge in [0.2, 0.25) is 5.91 Å². The van der Waals surface area contributed by atoms with Gasteiger partial charge in [-0.05, 0) is 40.8 Å². The minimum atomic E-state index is -1.02. The zero-order valence-corrected chi connectivity index (χ0v) is 25.5. The van der Waals surface area contributed by atoms with Gasteiger partial charge >= 0.3 is 5.97 Å². The Bertz CT molecular complexity index is 1530. The predicted octanol–water partition coefficient (Wildman–Crippen LogP) is 6.87. The third kappa shape index (κ3) is 9.56. The first-order chi connectivity index (χ1) is 21.1. The van der Waals surface area contributed by atoms with Gasteiger partial charge in [0.15, 0.2) is 5.78 Å². The van der Waals surface area contributed by atoms with Gasteiger partial charge in [0.05, 0.1) is 6.54 Å². The molecule has 0 aliphatic rings. The minimum Gasteiger partial charge on any atom is -0.492 e. The van der Waals surface area contributed by atoms with E-state index in [1.54, 1.807) is 60.7 Å². The lowest BCUT2D eigenvalue weighted by molar-refractivity contribution is -0.138. The van der Waals surface area contributed by atoms with Crippen molar-refractivity contribution in [1.29, 1.82) is 0 Å². The van der Waals surface area contributed by atoms with Crippen molar-refractivity contribution in [2.24, 2.45) is 5.41 Å². The number of para-hydroxylation sites is 1. The van der Waals surface area contributed by atoms with Gasteiger partial charge in [-0.1, -0.05) is 106 Å². The Morgan fingerprint density at radius 3 is 2.05 bits per heavy atom. The molecule has 0 aliphatic carbocycles. The smallest absolute Gasteiger partial charge is 0.326 e. The van der Waals surface area contributed by atoms with E-state index in [0.717, 1.165) is 11.1 Å². The number of hydrogen-bond acceptors (Lipinski definition) is 5. The van der Waals surface area contributed by atoms with Crippen molar-refractivity contribution in [3.63, 3.8) is 0 Å². The van der Waals surface area contributed by atoms with Crippen LogP contribution in [0, 0.1) is 5.41 Å². The minimum absolute atomic E-state index is 0.0829. The topological polar surface area (TPSA) is 95.9 Å². The average Bonchev–Trinajstić information content (AvgIpc) is 3.01. The number of carboxylic acids is 1. The lowest BCUT2D eigenvalue weighted by atomic mass is 9.91. The van der Waals surface area contributed by atoms with Crippen LogP contribution in [-0.4, -0.2) is 46.9 Å². The Morgan fingerprint density at radius 2 is 1.41 bits per heavy atom. The number of rotatable bonds is 14. The molecule has 0 spiro atoms. The van der Waals surface area contributed by atoms with Crippen LogP contribution in [-0.2, 0) is 22.6 Å². The van der Waals surface area contributed by atoms with E-state index in [0.29, 0.717) is 48.7 Å². The van der Waals surface area contributed by atoms with E-state index < -0.39 is 12.0 Å². The zero-order valence-electron chi connectivity index (χ0n) is 25.5. The molecule has 228 valence electrons. The van der Waals surface area contributed by atoms with Crippen molar-refractivity contribution in [2.75, 3.05) is 18.5 Å². The van der Waals surface area contributed by atoms with Crippen LogP contribution in [0.25, 0.3) is 0 Å². The van der Waals surface area contributed by atoms with E-state index in [1.807, 2.05) is 53.4 Å². The number of carbonyl (C=O) groups excluding carboxylic acids is 2. The summed E-state index contributed by atoms with van der Waals surface area (Å²) in [6.45, 7) is 7.44. The number of carbonyl (C=O) groups is 3. The molecule has 0 fully saturated rings. The molecule has 0 aliphatic heterocycles. The number of benzene rings is 4. The summed E-state index contributed by atoms with van der Waals surface area (Å²) in [5, 5.41) is 13.0. The van der Waals surface area contributed by atoms with E-state index in [2.05, 4.69) is 26.1 Å². The Hall–Kier alpha value is -4.91. The number of nitrogens with one attached hydrogen (secondary N) is 1. The van der Waals surface area contributed by atoms with Crippen LogP contribution in [0.5, 0.6) is 5.75 Å². The van der Waals surface area contributed by atoms with Crippen LogP contribution in [0.2, 0.25) is 0 Å². The quantitative estimate of drug-likeness (QED) is 0.155. The number of nitrogens with zero attached hydrogens (tertiary/aromatic N) is 1. The van der Waals surface area contributed by atoms with Crippen molar-refractivity contribution in [2.45, 2.75) is 46.2 Å². The summed E-state index contributed by atoms with van der Waals surface area (Å²) in [6.07, 6.45) is 0.647. The molecule has 1 amide bonds. The van der Waals surface area contributed by atoms with E-state index in [1.165, 1.54) is 0 Å². The number of ether oxygens (including phenoxy) is 1. The van der Waals surface area contributed by atoms with Gasteiger partial charge in [0, 0.05) is 36.2 Å². The molecule has 0 heterocycles. The van der Waals surface area contributed by atoms with E-state index in [4.69, 9.17) is 4.74 Å². The molecule has 0 bridgehead atoms. The third-order valence-electron chi connectivity index (χ3n) is 7.08. The van der Waals surface area contributed by atoms with Gasteiger partial charge in [-0.3, -0.25) is 9.59 Å². The molecular formula is C37H40N2O5. The molecule has 7 heteroatoms. The van der Waals surface area contributed by atoms with Crippen LogP contribution in [0.3, 0.4) is 0 Å². The average molecular weight is 593 g/mol. The molecule has 0 saturated carbocycles. The van der Waals surface area contributed by atoms with Crippen LogP contribution in [0.1, 0.15) is 54.2 Å². The van der Waals surface area contributed by atoms with Gasteiger partial charge in [-0.2, -0.15) is 0 Å². The van der Waals surface area contributed by atoms with Gasteiger partial charge in [0.25, 0.3) is 0 Å². The fraction of sp³-hybridized carbons (Fsp3) is 0.270. The summed E-state index contributed by atoms with van der Waals surface area (Å²) in [6, 6.07) is 32.1. The summed E-state index contributed by atoms with van der Waals surface area (Å²) in [5.41, 5.74) is 3.16. The molecule has 1 atom stereocenters. The van der Waals surface area contributed by atoms with Gasteiger partial charge in [-0.25, -0.2) is 4.79 Å². The fourth-order valence-electron chi connectivity index (χ4n) is 4.83. The van der Waals surface area contributed by atoms with Gasteiger partial charge in [-0.15, -0.1) is 0 Å². The molecule has 7 nitrogen and oxygen atoms in total. The maximum absolute atomic E-state index is 13.1. The monoisotopic (exact) mass is 592 g/mol. The summed E-state index contributed by atoms with van der Waals surface area (Å²) in [5.74, 6) is -0.484. The van der Waals surface area contributed by atoms with Gasteiger partial charge < -0.3 is 20.1 Å². The normalized spacial score (nSPS) is 11.8. The molecule has 2 N–H and O–H groups in total. The first-order valence-electron chi connectivity index (χ1n) is 14.8. The standard InChI is InChI=1S/C37H40N2O5/c1-37(2,3)25-34(40)39(26-28-12-6-4-7-13-28)22-23-44-30-20-18-27(19-21-30)24-33(36(42)43)38-32-17-11-10-16-31(32)35(41)29-14-8-5-9-15-29/h4-21,33,38H,22-26H2,1-3H3,(H,42,43). The summed E-state index contributed by atoms with van der Waals surface area (Å²) in [7, 11) is 0. The zero-order chi connectivity index (χ0) is 31.5. The highest BCUT2D eigenvalue weighted by Gasteiger charge is 2.23. The highest BCUT2D eigenvalue weighted by Crippen LogP contribution is 2.23. The molecule has 1 unspecified atom stereocenters. The molecular weight excluding hydrogens is 552 g/mol. The molecule has 0 saturated heterocycles. The molecule has 44 heavy (non-hydrogen) atoms. The van der Waals surface area contributed by atoms with Crippen LogP contribution >= 0.6 is 0 Å². The van der Waals surface area contributed by atoms with Crippen LogP contribution in [0.4, 0.5) is 5.69 Å². The first kappa shape index (κ1) is 32.0. The number of carboxylic acid groups (broad SMARTS) is 1. The number of aliphatic carboxylic acids is 1. The first-order valence-corrected chi connectivity index (χ1v) is 14.8. The summed E-state index contributed by atoms with van der Waals surface area (Å²) in [4.78, 5) is 40.2. The summed E-state index contributed by atoms with van der Waals surface area (Å²) >= 11 is 0. The van der Waals surface area contributed by atoms with E-state index in [-0.39, 0.29) is 23.5 Å². The maximum atomic E-state index is 13.1. The van der Waals surface area contributed by atoms with Crippen molar-refractivity contribution >= 4 is 23.3 Å². The second-order valence-corrected chi connectivity index (χ2v) is 12.0. The molecule has 4 rings (SSSR count).